The van der Waals surface area contributed by atoms with Crippen molar-refractivity contribution in [3.05, 3.63) is 53.3 Å². The van der Waals surface area contributed by atoms with Crippen molar-refractivity contribution in [3.8, 4) is 5.75 Å². The number of rotatable bonds is 18. The minimum absolute atomic E-state index is 0.00943. The van der Waals surface area contributed by atoms with Crippen molar-refractivity contribution >= 4 is 5.97 Å². The van der Waals surface area contributed by atoms with E-state index in [-0.39, 0.29) is 18.1 Å². The van der Waals surface area contributed by atoms with E-state index in [1.54, 1.807) is 0 Å². The van der Waals surface area contributed by atoms with Crippen LogP contribution in [0.1, 0.15) is 169 Å². The van der Waals surface area contributed by atoms with E-state index in [1.165, 1.54) is 107 Å². The van der Waals surface area contributed by atoms with Crippen molar-refractivity contribution in [1.29, 1.82) is 0 Å². The Labute approximate surface area is 260 Å². The van der Waals surface area contributed by atoms with Crippen LogP contribution in [-0.2, 0) is 4.79 Å². The summed E-state index contributed by atoms with van der Waals surface area (Å²) in [5.41, 5.74) is 4.16. The van der Waals surface area contributed by atoms with Crippen molar-refractivity contribution in [1.82, 2.24) is 10.6 Å². The van der Waals surface area contributed by atoms with E-state index in [9.17, 15) is 4.79 Å². The lowest BCUT2D eigenvalue weighted by atomic mass is 9.87. The molecule has 1 aromatic rings. The lowest BCUT2D eigenvalue weighted by Gasteiger charge is -2.26. The van der Waals surface area contributed by atoms with Crippen LogP contribution >= 0.6 is 0 Å². The summed E-state index contributed by atoms with van der Waals surface area (Å²) in [6, 6.07) is 7.97. The van der Waals surface area contributed by atoms with Crippen molar-refractivity contribution < 1.29 is 9.53 Å². The van der Waals surface area contributed by atoms with E-state index in [1.807, 2.05) is 39.8 Å². The molecule has 3 rings (SSSR count). The molecule has 0 bridgehead atoms. The SMILES string of the molecule is CC.CC.CCCCCCCCCCC1=CNC(c2ccc(OC(=O)C3CC=C(CCCCCCC)CC3)cc2)NC1. The molecule has 4 heteroatoms. The molecule has 1 aliphatic carbocycles. The molecule has 0 aromatic heterocycles. The van der Waals surface area contributed by atoms with Gasteiger partial charge in [-0.15, -0.1) is 0 Å². The highest BCUT2D eigenvalue weighted by Gasteiger charge is 2.23. The van der Waals surface area contributed by atoms with E-state index in [2.05, 4.69) is 48.9 Å². The highest BCUT2D eigenvalue weighted by atomic mass is 16.5. The van der Waals surface area contributed by atoms with Gasteiger partial charge in [0.15, 0.2) is 0 Å². The second-order valence-corrected chi connectivity index (χ2v) is 11.5. The van der Waals surface area contributed by atoms with E-state index < -0.39 is 0 Å². The van der Waals surface area contributed by atoms with Crippen LogP contribution in [0, 0.1) is 5.92 Å². The third-order valence-corrected chi connectivity index (χ3v) is 8.21. The topological polar surface area (TPSA) is 50.4 Å². The lowest BCUT2D eigenvalue weighted by Crippen LogP contribution is -2.37. The smallest absolute Gasteiger partial charge is 0.314 e. The van der Waals surface area contributed by atoms with Gasteiger partial charge in [-0.3, -0.25) is 10.1 Å². The Morgan fingerprint density at radius 1 is 0.762 bits per heavy atom. The second-order valence-electron chi connectivity index (χ2n) is 11.5. The highest BCUT2D eigenvalue weighted by molar-refractivity contribution is 5.75. The first-order chi connectivity index (χ1) is 20.7. The van der Waals surface area contributed by atoms with Gasteiger partial charge in [0.05, 0.1) is 5.92 Å². The maximum absolute atomic E-state index is 12.7. The molecule has 2 aliphatic rings. The van der Waals surface area contributed by atoms with Gasteiger partial charge in [-0.1, -0.05) is 136 Å². The molecule has 2 N–H and O–H groups in total. The zero-order valence-electron chi connectivity index (χ0n) is 28.4. The third kappa shape index (κ3) is 16.0. The molecule has 240 valence electrons. The molecular weight excluding hydrogens is 516 g/mol. The fourth-order valence-corrected chi connectivity index (χ4v) is 5.62. The predicted octanol–water partition coefficient (Wildman–Crippen LogP) is 11.3. The van der Waals surface area contributed by atoms with Crippen LogP contribution in [0.3, 0.4) is 0 Å². The molecule has 0 fully saturated rings. The quantitative estimate of drug-likeness (QED) is 0.0782. The molecular formula is C38H66N2O2. The van der Waals surface area contributed by atoms with Gasteiger partial charge in [-0.05, 0) is 74.4 Å². The molecule has 0 saturated heterocycles. The van der Waals surface area contributed by atoms with Gasteiger partial charge in [0.1, 0.15) is 11.9 Å². The summed E-state index contributed by atoms with van der Waals surface area (Å²) in [6.07, 6.45) is 27.3. The molecule has 2 unspecified atom stereocenters. The molecule has 42 heavy (non-hydrogen) atoms. The Bertz CT molecular complexity index is 858. The van der Waals surface area contributed by atoms with E-state index >= 15 is 0 Å². The van der Waals surface area contributed by atoms with Gasteiger partial charge >= 0.3 is 5.97 Å². The Kier molecular flexibility index (Phi) is 23.0. The Hall–Kier alpha value is -2.07. The van der Waals surface area contributed by atoms with Crippen molar-refractivity contribution in [2.45, 2.75) is 163 Å². The molecule has 2 atom stereocenters. The van der Waals surface area contributed by atoms with E-state index in [0.29, 0.717) is 5.75 Å². The Balaban J connectivity index is 0.00000211. The maximum Gasteiger partial charge on any atom is 0.314 e. The largest absolute Gasteiger partial charge is 0.426 e. The van der Waals surface area contributed by atoms with Gasteiger partial charge < -0.3 is 10.1 Å². The molecule has 4 nitrogen and oxygen atoms in total. The summed E-state index contributed by atoms with van der Waals surface area (Å²) in [5.74, 6) is 0.550. The number of hydrogen-bond acceptors (Lipinski definition) is 4. The summed E-state index contributed by atoms with van der Waals surface area (Å²) in [6.45, 7) is 13.5. The van der Waals surface area contributed by atoms with Gasteiger partial charge in [-0.2, -0.15) is 0 Å². The molecule has 1 aliphatic heterocycles. The zero-order chi connectivity index (χ0) is 30.8. The summed E-state index contributed by atoms with van der Waals surface area (Å²) in [4.78, 5) is 12.7. The van der Waals surface area contributed by atoms with Crippen LogP contribution in [0.5, 0.6) is 5.75 Å². The normalized spacial score (nSPS) is 17.9. The van der Waals surface area contributed by atoms with Crippen LogP contribution in [0.4, 0.5) is 0 Å². The minimum atomic E-state index is -0.0848. The molecule has 1 aromatic carbocycles. The van der Waals surface area contributed by atoms with Crippen LogP contribution in [0.2, 0.25) is 0 Å². The van der Waals surface area contributed by atoms with Gasteiger partial charge in [0.25, 0.3) is 0 Å². The number of unbranched alkanes of at least 4 members (excludes halogenated alkanes) is 11. The lowest BCUT2D eigenvalue weighted by molar-refractivity contribution is -0.139. The highest BCUT2D eigenvalue weighted by Crippen LogP contribution is 2.29. The van der Waals surface area contributed by atoms with Gasteiger partial charge in [0, 0.05) is 6.54 Å². The molecule has 0 radical (unpaired) electrons. The van der Waals surface area contributed by atoms with Crippen LogP contribution < -0.4 is 15.4 Å². The number of hydrogen-bond donors (Lipinski definition) is 2. The third-order valence-electron chi connectivity index (χ3n) is 8.21. The predicted molar refractivity (Wildman–Crippen MR) is 183 cm³/mol. The zero-order valence-corrected chi connectivity index (χ0v) is 28.4. The summed E-state index contributed by atoms with van der Waals surface area (Å²) in [7, 11) is 0. The number of nitrogens with one attached hydrogen (secondary N) is 2. The average molecular weight is 583 g/mol. The number of carbonyl (C=O) groups is 1. The van der Waals surface area contributed by atoms with Gasteiger partial charge in [0.2, 0.25) is 0 Å². The number of ether oxygens (including phenoxy) is 1. The fraction of sp³-hybridized carbons (Fsp3) is 0.711. The molecule has 0 spiro atoms. The van der Waals surface area contributed by atoms with Crippen molar-refractivity contribution in [2.75, 3.05) is 6.54 Å². The number of carbonyl (C=O) groups excluding carboxylic acids is 1. The molecule has 0 amide bonds. The first-order valence-electron chi connectivity index (χ1n) is 17.9. The van der Waals surface area contributed by atoms with Crippen LogP contribution in [0.25, 0.3) is 0 Å². The average Bonchev–Trinajstić information content (AvgIpc) is 3.05. The first kappa shape index (κ1) is 38.0. The Morgan fingerprint density at radius 3 is 1.81 bits per heavy atom. The fourth-order valence-electron chi connectivity index (χ4n) is 5.62. The van der Waals surface area contributed by atoms with Gasteiger partial charge in [-0.25, -0.2) is 0 Å². The summed E-state index contributed by atoms with van der Waals surface area (Å²) < 4.78 is 5.74. The summed E-state index contributed by atoms with van der Waals surface area (Å²) >= 11 is 0. The summed E-state index contributed by atoms with van der Waals surface area (Å²) in [5, 5.41) is 7.12. The molecule has 1 heterocycles. The van der Waals surface area contributed by atoms with Crippen molar-refractivity contribution in [2.24, 2.45) is 5.92 Å². The standard InChI is InChI=1S/C34H54N2O2.2C2H6/c1-3-5-7-9-10-11-13-15-17-29-26-35-33(36-27-29)30-22-24-32(25-23-30)38-34(37)31-20-18-28(19-21-31)16-14-12-8-6-4-2;2*1-2/h18,22-26,31,33,35-36H,3-17,19-21,27H2,1-2H3;2*1-2H3. The second kappa shape index (κ2) is 25.4. The van der Waals surface area contributed by atoms with E-state index in [4.69, 9.17) is 4.74 Å². The minimum Gasteiger partial charge on any atom is -0.426 e. The number of allylic oxidation sites excluding steroid dienone is 2. The number of esters is 1. The monoisotopic (exact) mass is 583 g/mol. The maximum atomic E-state index is 12.7. The van der Waals surface area contributed by atoms with Crippen LogP contribution in [0.15, 0.2) is 47.7 Å². The van der Waals surface area contributed by atoms with Crippen molar-refractivity contribution in [3.63, 3.8) is 0 Å². The molecule has 0 saturated carbocycles. The first-order valence-corrected chi connectivity index (χ1v) is 17.9. The number of benzene rings is 1. The Morgan fingerprint density at radius 2 is 1.31 bits per heavy atom. The van der Waals surface area contributed by atoms with Crippen LogP contribution in [-0.4, -0.2) is 12.5 Å². The van der Waals surface area contributed by atoms with E-state index in [0.717, 1.165) is 31.4 Å².